The molecule has 2 heterocycles. The summed E-state index contributed by atoms with van der Waals surface area (Å²) in [5.41, 5.74) is 0.656. The molecule has 1 unspecified atom stereocenters. The first-order valence-corrected chi connectivity index (χ1v) is 5.77. The Morgan fingerprint density at radius 2 is 2.56 bits per heavy atom. The van der Waals surface area contributed by atoms with Crippen LogP contribution in [0.2, 0.25) is 0 Å². The van der Waals surface area contributed by atoms with Crippen LogP contribution in [0.1, 0.15) is 29.6 Å². The Balaban J connectivity index is 2.08. The smallest absolute Gasteiger partial charge is 0.257 e. The van der Waals surface area contributed by atoms with Gasteiger partial charge < -0.3 is 10.2 Å². The van der Waals surface area contributed by atoms with Gasteiger partial charge in [-0.05, 0) is 26.3 Å². The molecule has 88 valence electrons. The van der Waals surface area contributed by atoms with Crippen LogP contribution in [0.25, 0.3) is 0 Å². The lowest BCUT2D eigenvalue weighted by Gasteiger charge is -2.35. The molecule has 2 N–H and O–H groups in total. The molecule has 1 aliphatic heterocycles. The van der Waals surface area contributed by atoms with Crippen molar-refractivity contribution in [2.75, 3.05) is 20.1 Å². The van der Waals surface area contributed by atoms with Crippen LogP contribution < -0.4 is 5.32 Å². The van der Waals surface area contributed by atoms with Crippen LogP contribution in [-0.4, -0.2) is 47.2 Å². The molecule has 0 saturated carbocycles. The fraction of sp³-hybridized carbons (Fsp3) is 0.636. The zero-order chi connectivity index (χ0) is 11.4. The highest BCUT2D eigenvalue weighted by Gasteiger charge is 2.27. The Hall–Kier alpha value is -1.36. The zero-order valence-corrected chi connectivity index (χ0v) is 9.57. The van der Waals surface area contributed by atoms with E-state index >= 15 is 0 Å². The number of carbonyl (C=O) groups excluding carboxylic acids is 1. The third-order valence-electron chi connectivity index (χ3n) is 3.07. The molecule has 1 saturated heterocycles. The predicted octanol–water partition coefficient (Wildman–Crippen LogP) is 0.624. The van der Waals surface area contributed by atoms with Crippen LogP contribution in [-0.2, 0) is 0 Å². The predicted molar refractivity (Wildman–Crippen MR) is 61.2 cm³/mol. The van der Waals surface area contributed by atoms with Crippen molar-refractivity contribution in [3.63, 3.8) is 0 Å². The van der Waals surface area contributed by atoms with Crippen molar-refractivity contribution in [1.29, 1.82) is 0 Å². The maximum absolute atomic E-state index is 12.2. The topological polar surface area (TPSA) is 61.0 Å². The number of carbonyl (C=O) groups is 1. The monoisotopic (exact) mass is 222 g/mol. The number of likely N-dealkylation sites (N-methyl/N-ethyl adjacent to an activating group) is 1. The summed E-state index contributed by atoms with van der Waals surface area (Å²) < 4.78 is 0. The van der Waals surface area contributed by atoms with Gasteiger partial charge in [-0.1, -0.05) is 0 Å². The summed E-state index contributed by atoms with van der Waals surface area (Å²) in [5.74, 6) is 0.0914. The van der Waals surface area contributed by atoms with Crippen molar-refractivity contribution in [1.82, 2.24) is 20.4 Å². The molecule has 1 atom stereocenters. The van der Waals surface area contributed by atoms with Crippen LogP contribution in [0.3, 0.4) is 0 Å². The standard InChI is InChI=1S/C11H18N4O/c1-12-8-10-4-2-3-5-15(10)11(16)9-6-13-14-7-9/h6-7,10,12H,2-5,8H2,1H3,(H,13,14). The second-order valence-electron chi connectivity index (χ2n) is 4.19. The van der Waals surface area contributed by atoms with Crippen molar-refractivity contribution in [3.05, 3.63) is 18.0 Å². The number of nitrogens with zero attached hydrogens (tertiary/aromatic N) is 2. The van der Waals surface area contributed by atoms with Gasteiger partial charge in [-0.15, -0.1) is 0 Å². The molecule has 0 aliphatic carbocycles. The lowest BCUT2D eigenvalue weighted by Crippen LogP contribution is -2.47. The minimum atomic E-state index is 0.0914. The first kappa shape index (κ1) is 11.1. The minimum absolute atomic E-state index is 0.0914. The first-order chi connectivity index (χ1) is 7.83. The van der Waals surface area contributed by atoms with Crippen molar-refractivity contribution in [3.8, 4) is 0 Å². The number of hydrogen-bond acceptors (Lipinski definition) is 3. The Bertz CT molecular complexity index is 334. The van der Waals surface area contributed by atoms with Gasteiger partial charge in [-0.2, -0.15) is 5.10 Å². The summed E-state index contributed by atoms with van der Waals surface area (Å²) in [5, 5.41) is 9.65. The molecule has 5 heteroatoms. The number of aromatic nitrogens is 2. The van der Waals surface area contributed by atoms with Crippen molar-refractivity contribution < 1.29 is 4.79 Å². The van der Waals surface area contributed by atoms with Crippen LogP contribution in [0, 0.1) is 0 Å². The van der Waals surface area contributed by atoms with E-state index in [0.717, 1.165) is 25.9 Å². The molecule has 1 amide bonds. The molecule has 0 bridgehead atoms. The maximum atomic E-state index is 12.2. The van der Waals surface area contributed by atoms with Crippen LogP contribution >= 0.6 is 0 Å². The zero-order valence-electron chi connectivity index (χ0n) is 9.57. The third-order valence-corrected chi connectivity index (χ3v) is 3.07. The molecule has 5 nitrogen and oxygen atoms in total. The summed E-state index contributed by atoms with van der Waals surface area (Å²) in [4.78, 5) is 14.1. The second-order valence-corrected chi connectivity index (χ2v) is 4.19. The number of aromatic amines is 1. The molecular formula is C11H18N4O. The number of hydrogen-bond donors (Lipinski definition) is 2. The normalized spacial score (nSPS) is 21.1. The van der Waals surface area contributed by atoms with Crippen molar-refractivity contribution in [2.45, 2.75) is 25.3 Å². The van der Waals surface area contributed by atoms with Gasteiger partial charge in [-0.25, -0.2) is 0 Å². The summed E-state index contributed by atoms with van der Waals surface area (Å²) in [6.07, 6.45) is 6.65. The van der Waals surface area contributed by atoms with Gasteiger partial charge in [0.25, 0.3) is 5.91 Å². The maximum Gasteiger partial charge on any atom is 0.257 e. The summed E-state index contributed by atoms with van der Waals surface area (Å²) in [6.45, 7) is 1.72. The molecule has 1 aliphatic rings. The van der Waals surface area contributed by atoms with E-state index in [1.807, 2.05) is 11.9 Å². The van der Waals surface area contributed by atoms with E-state index in [0.29, 0.717) is 11.6 Å². The third kappa shape index (κ3) is 2.24. The summed E-state index contributed by atoms with van der Waals surface area (Å²) in [7, 11) is 1.93. The Labute approximate surface area is 95.2 Å². The van der Waals surface area contributed by atoms with Gasteiger partial charge >= 0.3 is 0 Å². The number of amides is 1. The number of nitrogens with one attached hydrogen (secondary N) is 2. The molecular weight excluding hydrogens is 204 g/mol. The number of H-pyrrole nitrogens is 1. The van der Waals surface area contributed by atoms with E-state index in [2.05, 4.69) is 15.5 Å². The van der Waals surface area contributed by atoms with Gasteiger partial charge in [0, 0.05) is 25.3 Å². The largest absolute Gasteiger partial charge is 0.334 e. The summed E-state index contributed by atoms with van der Waals surface area (Å²) >= 11 is 0. The molecule has 0 spiro atoms. The first-order valence-electron chi connectivity index (χ1n) is 5.77. The van der Waals surface area contributed by atoms with E-state index in [1.165, 1.54) is 6.42 Å². The van der Waals surface area contributed by atoms with Gasteiger partial charge in [0.05, 0.1) is 11.8 Å². The highest BCUT2D eigenvalue weighted by atomic mass is 16.2. The molecule has 2 rings (SSSR count). The fourth-order valence-electron chi connectivity index (χ4n) is 2.25. The Kier molecular flexibility index (Phi) is 3.56. The fourth-order valence-corrected chi connectivity index (χ4v) is 2.25. The summed E-state index contributed by atoms with van der Waals surface area (Å²) in [6, 6.07) is 0.321. The van der Waals surface area contributed by atoms with Gasteiger partial charge in [0.2, 0.25) is 0 Å². The minimum Gasteiger partial charge on any atom is -0.334 e. The Morgan fingerprint density at radius 3 is 3.25 bits per heavy atom. The van der Waals surface area contributed by atoms with Crippen LogP contribution in [0.5, 0.6) is 0 Å². The van der Waals surface area contributed by atoms with Gasteiger partial charge in [0.1, 0.15) is 0 Å². The molecule has 0 radical (unpaired) electrons. The van der Waals surface area contributed by atoms with Crippen molar-refractivity contribution >= 4 is 5.91 Å². The number of rotatable bonds is 3. The molecule has 1 aromatic heterocycles. The average molecular weight is 222 g/mol. The molecule has 16 heavy (non-hydrogen) atoms. The Morgan fingerprint density at radius 1 is 1.69 bits per heavy atom. The molecule has 1 aromatic rings. The quantitative estimate of drug-likeness (QED) is 0.788. The van der Waals surface area contributed by atoms with E-state index in [4.69, 9.17) is 0 Å². The van der Waals surface area contributed by atoms with E-state index < -0.39 is 0 Å². The highest BCUT2D eigenvalue weighted by Crippen LogP contribution is 2.18. The van der Waals surface area contributed by atoms with Crippen molar-refractivity contribution in [2.24, 2.45) is 0 Å². The van der Waals surface area contributed by atoms with Crippen LogP contribution in [0.15, 0.2) is 12.4 Å². The SMILES string of the molecule is CNCC1CCCCN1C(=O)c1cn[nH]c1. The molecule has 0 aromatic carbocycles. The van der Waals surface area contributed by atoms with Gasteiger partial charge in [0.15, 0.2) is 0 Å². The van der Waals surface area contributed by atoms with Crippen LogP contribution in [0.4, 0.5) is 0 Å². The molecule has 1 fully saturated rings. The lowest BCUT2D eigenvalue weighted by molar-refractivity contribution is 0.0615. The lowest BCUT2D eigenvalue weighted by atomic mass is 10.0. The van der Waals surface area contributed by atoms with Gasteiger partial charge in [-0.3, -0.25) is 9.89 Å². The second kappa shape index (κ2) is 5.12. The van der Waals surface area contributed by atoms with E-state index in [9.17, 15) is 4.79 Å². The van der Waals surface area contributed by atoms with E-state index in [-0.39, 0.29) is 5.91 Å². The average Bonchev–Trinajstić information content (AvgIpc) is 2.83. The highest BCUT2D eigenvalue weighted by molar-refractivity contribution is 5.94. The van der Waals surface area contributed by atoms with E-state index in [1.54, 1.807) is 12.4 Å². The number of piperidine rings is 1. The number of likely N-dealkylation sites (tertiary alicyclic amines) is 1.